The van der Waals surface area contributed by atoms with Crippen molar-refractivity contribution in [3.05, 3.63) is 70.8 Å². The lowest BCUT2D eigenvalue weighted by molar-refractivity contribution is -0.123. The molecule has 0 heterocycles. The lowest BCUT2D eigenvalue weighted by Crippen LogP contribution is -2.30. The summed E-state index contributed by atoms with van der Waals surface area (Å²) in [6.45, 7) is 0.569. The molecular weight excluding hydrogens is 436 g/mol. The topological polar surface area (TPSA) is 84.5 Å². The van der Waals surface area contributed by atoms with Crippen LogP contribution in [0.1, 0.15) is 37.7 Å². The van der Waals surface area contributed by atoms with Gasteiger partial charge in [-0.2, -0.15) is 0 Å². The highest BCUT2D eigenvalue weighted by Gasteiger charge is 2.16. The van der Waals surface area contributed by atoms with Crippen molar-refractivity contribution >= 4 is 27.5 Å². The summed E-state index contributed by atoms with van der Waals surface area (Å²) in [6, 6.07) is 13.4. The summed E-state index contributed by atoms with van der Waals surface area (Å²) in [5, 5.41) is 2.96. The lowest BCUT2D eigenvalue weighted by atomic mass is 9.97. The van der Waals surface area contributed by atoms with Gasteiger partial charge < -0.3 is 10.1 Å². The van der Waals surface area contributed by atoms with Crippen molar-refractivity contribution in [3.8, 4) is 5.75 Å². The van der Waals surface area contributed by atoms with Crippen molar-refractivity contribution in [2.24, 2.45) is 0 Å². The Labute approximate surface area is 188 Å². The monoisotopic (exact) mass is 462 g/mol. The summed E-state index contributed by atoms with van der Waals surface area (Å²) in [5.41, 5.74) is 2.25. The minimum absolute atomic E-state index is 0.0333. The minimum atomic E-state index is -3.73. The molecule has 8 heteroatoms. The highest BCUT2D eigenvalue weighted by molar-refractivity contribution is 7.89. The van der Waals surface area contributed by atoms with Crippen molar-refractivity contribution in [2.45, 2.75) is 43.5 Å². The molecule has 0 bridgehead atoms. The van der Waals surface area contributed by atoms with Gasteiger partial charge in [-0.3, -0.25) is 4.79 Å². The summed E-state index contributed by atoms with van der Waals surface area (Å²) in [6.07, 6.45) is 7.81. The molecule has 1 aliphatic rings. The number of hydrogen-bond donors (Lipinski definition) is 2. The standard InChI is InChI=1S/C23H27ClN2O4S/c24-21-15-20(31(28,29)26-16-19-9-5-2-6-10-19)11-12-22(21)30-17-23(27)25-14-13-18-7-3-1-4-8-18/h2,5-7,9-12,15,26H,1,3-4,8,13-14,16-17H2,(H,25,27). The highest BCUT2D eigenvalue weighted by atomic mass is 35.5. The number of benzene rings is 2. The molecule has 0 aromatic heterocycles. The Morgan fingerprint density at radius 1 is 1.10 bits per heavy atom. The van der Waals surface area contributed by atoms with Gasteiger partial charge in [0.15, 0.2) is 6.61 Å². The van der Waals surface area contributed by atoms with Crippen molar-refractivity contribution < 1.29 is 17.9 Å². The average Bonchev–Trinajstić information content (AvgIpc) is 2.78. The molecule has 6 nitrogen and oxygen atoms in total. The van der Waals surface area contributed by atoms with E-state index in [0.717, 1.165) is 24.8 Å². The van der Waals surface area contributed by atoms with Crippen LogP contribution in [0, 0.1) is 0 Å². The van der Waals surface area contributed by atoms with E-state index in [1.54, 1.807) is 0 Å². The van der Waals surface area contributed by atoms with Gasteiger partial charge in [0.2, 0.25) is 10.0 Å². The van der Waals surface area contributed by atoms with E-state index >= 15 is 0 Å². The number of nitrogens with one attached hydrogen (secondary N) is 2. The zero-order valence-corrected chi connectivity index (χ0v) is 18.8. The fraction of sp³-hybridized carbons (Fsp3) is 0.348. The van der Waals surface area contributed by atoms with Gasteiger partial charge in [-0.25, -0.2) is 13.1 Å². The molecule has 0 radical (unpaired) electrons. The predicted octanol–water partition coefficient (Wildman–Crippen LogP) is 4.20. The van der Waals surface area contributed by atoms with Gasteiger partial charge in [0.1, 0.15) is 5.75 Å². The number of ether oxygens (including phenoxy) is 1. The maximum Gasteiger partial charge on any atom is 0.257 e. The van der Waals surface area contributed by atoms with Crippen molar-refractivity contribution in [1.29, 1.82) is 0 Å². The Morgan fingerprint density at radius 2 is 1.90 bits per heavy atom. The number of amides is 1. The second-order valence-corrected chi connectivity index (χ2v) is 9.57. The first kappa shape index (κ1) is 23.3. The lowest BCUT2D eigenvalue weighted by Gasteiger charge is -2.13. The molecule has 1 aliphatic carbocycles. The summed E-state index contributed by atoms with van der Waals surface area (Å²) in [4.78, 5) is 12.0. The van der Waals surface area contributed by atoms with Crippen LogP contribution in [-0.4, -0.2) is 27.5 Å². The molecule has 2 aromatic rings. The Bertz CT molecular complexity index is 1020. The fourth-order valence-corrected chi connectivity index (χ4v) is 4.66. The van der Waals surface area contributed by atoms with Crippen LogP contribution in [0.5, 0.6) is 5.75 Å². The van der Waals surface area contributed by atoms with E-state index in [1.807, 2.05) is 30.3 Å². The van der Waals surface area contributed by atoms with Gasteiger partial charge in [-0.05, 0) is 55.9 Å². The third-order valence-corrected chi connectivity index (χ3v) is 6.73. The van der Waals surface area contributed by atoms with E-state index in [1.165, 1.54) is 36.6 Å². The molecule has 0 saturated carbocycles. The van der Waals surface area contributed by atoms with Gasteiger partial charge in [0, 0.05) is 13.1 Å². The number of rotatable bonds is 10. The number of halogens is 1. The van der Waals surface area contributed by atoms with Crippen LogP contribution in [-0.2, 0) is 21.4 Å². The molecule has 31 heavy (non-hydrogen) atoms. The second kappa shape index (κ2) is 11.3. The molecule has 0 spiro atoms. The molecule has 0 aliphatic heterocycles. The molecule has 0 unspecified atom stereocenters. The van der Waals surface area contributed by atoms with Crippen LogP contribution in [0.15, 0.2) is 65.1 Å². The van der Waals surface area contributed by atoms with E-state index < -0.39 is 10.0 Å². The normalized spacial score (nSPS) is 14.0. The molecule has 3 rings (SSSR count). The molecule has 166 valence electrons. The fourth-order valence-electron chi connectivity index (χ4n) is 3.31. The summed E-state index contributed by atoms with van der Waals surface area (Å²) >= 11 is 6.19. The average molecular weight is 463 g/mol. The number of carbonyl (C=O) groups is 1. The number of sulfonamides is 1. The minimum Gasteiger partial charge on any atom is -0.482 e. The van der Waals surface area contributed by atoms with Crippen molar-refractivity contribution in [1.82, 2.24) is 10.0 Å². The van der Waals surface area contributed by atoms with Crippen LogP contribution in [0.2, 0.25) is 5.02 Å². The molecule has 0 saturated heterocycles. The smallest absolute Gasteiger partial charge is 0.257 e. The molecule has 2 N–H and O–H groups in total. The van der Waals surface area contributed by atoms with Crippen molar-refractivity contribution in [2.75, 3.05) is 13.2 Å². The Hall–Kier alpha value is -2.35. The summed E-state index contributed by atoms with van der Waals surface area (Å²) in [7, 11) is -3.73. The molecular formula is C23H27ClN2O4S. The van der Waals surface area contributed by atoms with E-state index in [2.05, 4.69) is 16.1 Å². The highest BCUT2D eigenvalue weighted by Crippen LogP contribution is 2.27. The SMILES string of the molecule is O=C(COc1ccc(S(=O)(=O)NCc2ccccc2)cc1Cl)NCCC1=CCCCC1. The van der Waals surface area contributed by atoms with E-state index in [9.17, 15) is 13.2 Å². The van der Waals surface area contributed by atoms with Gasteiger partial charge in [-0.15, -0.1) is 0 Å². The third kappa shape index (κ3) is 7.38. The molecule has 2 aromatic carbocycles. The van der Waals surface area contributed by atoms with Gasteiger partial charge >= 0.3 is 0 Å². The van der Waals surface area contributed by atoms with Crippen LogP contribution >= 0.6 is 11.6 Å². The molecule has 1 amide bonds. The van der Waals surface area contributed by atoms with Crippen molar-refractivity contribution in [3.63, 3.8) is 0 Å². The van der Waals surface area contributed by atoms with Crippen LogP contribution < -0.4 is 14.8 Å². The zero-order chi connectivity index (χ0) is 22.1. The van der Waals surface area contributed by atoms with Gasteiger partial charge in [0.05, 0.1) is 9.92 Å². The summed E-state index contributed by atoms with van der Waals surface area (Å²) in [5.74, 6) is 0.0162. The Balaban J connectivity index is 1.48. The molecule has 0 fully saturated rings. The number of allylic oxidation sites excluding steroid dienone is 1. The zero-order valence-electron chi connectivity index (χ0n) is 17.3. The third-order valence-electron chi connectivity index (χ3n) is 5.03. The van der Waals surface area contributed by atoms with Crippen LogP contribution in [0.4, 0.5) is 0 Å². The van der Waals surface area contributed by atoms with Crippen LogP contribution in [0.3, 0.4) is 0 Å². The van der Waals surface area contributed by atoms with Gasteiger partial charge in [-0.1, -0.05) is 53.6 Å². The Kier molecular flexibility index (Phi) is 8.51. The first-order valence-electron chi connectivity index (χ1n) is 10.3. The molecule has 0 atom stereocenters. The number of hydrogen-bond acceptors (Lipinski definition) is 4. The number of carbonyl (C=O) groups excluding carboxylic acids is 1. The quantitative estimate of drug-likeness (QED) is 0.518. The maximum absolute atomic E-state index is 12.5. The first-order chi connectivity index (χ1) is 14.9. The predicted molar refractivity (Wildman–Crippen MR) is 122 cm³/mol. The summed E-state index contributed by atoms with van der Waals surface area (Å²) < 4.78 is 33.0. The van der Waals surface area contributed by atoms with Gasteiger partial charge in [0.25, 0.3) is 5.91 Å². The second-order valence-electron chi connectivity index (χ2n) is 7.40. The van der Waals surface area contributed by atoms with Crippen LogP contribution in [0.25, 0.3) is 0 Å². The first-order valence-corrected chi connectivity index (χ1v) is 12.2. The largest absolute Gasteiger partial charge is 0.482 e. The van der Waals surface area contributed by atoms with E-state index in [-0.39, 0.29) is 34.7 Å². The van der Waals surface area contributed by atoms with E-state index in [4.69, 9.17) is 16.3 Å². The Morgan fingerprint density at radius 3 is 2.61 bits per heavy atom. The maximum atomic E-state index is 12.5. The van der Waals surface area contributed by atoms with E-state index in [0.29, 0.717) is 6.54 Å².